The van der Waals surface area contributed by atoms with Gasteiger partial charge in [0.1, 0.15) is 0 Å². The van der Waals surface area contributed by atoms with E-state index in [-0.39, 0.29) is 24.8 Å². The van der Waals surface area contributed by atoms with E-state index >= 15 is 0 Å². The highest BCUT2D eigenvalue weighted by Crippen LogP contribution is 1.98. The third kappa shape index (κ3) is 7.62. The molecule has 1 rings (SSSR count). The van der Waals surface area contributed by atoms with Crippen molar-refractivity contribution in [2.45, 2.75) is 0 Å². The van der Waals surface area contributed by atoms with Crippen LogP contribution >= 0.6 is 24.8 Å². The molecule has 1 aliphatic rings. The molecule has 1 N–H and O–H groups in total. The van der Waals surface area contributed by atoms with Gasteiger partial charge in [-0.25, -0.2) is 4.79 Å². The van der Waals surface area contributed by atoms with Gasteiger partial charge in [0.2, 0.25) is 0 Å². The van der Waals surface area contributed by atoms with Crippen LogP contribution in [0.1, 0.15) is 0 Å². The predicted molar refractivity (Wildman–Crippen MR) is 65.2 cm³/mol. The van der Waals surface area contributed by atoms with E-state index < -0.39 is 5.97 Å². The topological polar surface area (TPSA) is 43.8 Å². The Morgan fingerprint density at radius 3 is 2.27 bits per heavy atom. The van der Waals surface area contributed by atoms with E-state index in [0.29, 0.717) is 0 Å². The van der Waals surface area contributed by atoms with Crippen molar-refractivity contribution in [3.63, 3.8) is 0 Å². The summed E-state index contributed by atoms with van der Waals surface area (Å²) in [6.07, 6.45) is 2.91. The van der Waals surface area contributed by atoms with E-state index in [0.717, 1.165) is 32.7 Å². The van der Waals surface area contributed by atoms with Gasteiger partial charge in [0.15, 0.2) is 0 Å². The summed E-state index contributed by atoms with van der Waals surface area (Å²) in [6.45, 7) is 4.95. The lowest BCUT2D eigenvalue weighted by Gasteiger charge is -2.31. The maximum absolute atomic E-state index is 10.2. The molecule has 1 fully saturated rings. The zero-order valence-corrected chi connectivity index (χ0v) is 10.4. The van der Waals surface area contributed by atoms with E-state index in [2.05, 4.69) is 16.8 Å². The van der Waals surface area contributed by atoms with Gasteiger partial charge in [-0.15, -0.1) is 24.8 Å². The number of aliphatic carboxylic acids is 1. The molecule has 0 aromatic heterocycles. The number of likely N-dealkylation sites (N-methyl/N-ethyl adjacent to an activating group) is 1. The van der Waals surface area contributed by atoms with Crippen molar-refractivity contribution in [3.05, 3.63) is 12.2 Å². The minimum absolute atomic E-state index is 0. The number of hydrogen-bond acceptors (Lipinski definition) is 3. The number of hydrogen-bond donors (Lipinski definition) is 1. The molecule has 90 valence electrons. The van der Waals surface area contributed by atoms with Gasteiger partial charge in [-0.3, -0.25) is 4.90 Å². The van der Waals surface area contributed by atoms with Crippen LogP contribution in [0.25, 0.3) is 0 Å². The predicted octanol–water partition coefficient (Wildman–Crippen LogP) is 0.718. The fourth-order valence-electron chi connectivity index (χ4n) is 1.33. The van der Waals surface area contributed by atoms with Crippen molar-refractivity contribution in [1.29, 1.82) is 0 Å². The Morgan fingerprint density at radius 1 is 1.27 bits per heavy atom. The van der Waals surface area contributed by atoms with E-state index in [1.54, 1.807) is 6.08 Å². The number of carboxylic acids is 1. The van der Waals surface area contributed by atoms with Crippen LogP contribution in [0, 0.1) is 0 Å². The summed E-state index contributed by atoms with van der Waals surface area (Å²) in [5.41, 5.74) is 0. The molecule has 0 aromatic carbocycles. The van der Waals surface area contributed by atoms with Crippen molar-refractivity contribution in [2.75, 3.05) is 39.8 Å². The number of carbonyl (C=O) groups is 1. The van der Waals surface area contributed by atoms with Crippen molar-refractivity contribution in [3.8, 4) is 0 Å². The monoisotopic (exact) mass is 256 g/mol. The van der Waals surface area contributed by atoms with Crippen molar-refractivity contribution in [1.82, 2.24) is 9.80 Å². The maximum Gasteiger partial charge on any atom is 0.328 e. The Hall–Kier alpha value is -0.290. The van der Waals surface area contributed by atoms with E-state index in [1.807, 2.05) is 0 Å². The Kier molecular flexibility index (Phi) is 10.2. The first-order chi connectivity index (χ1) is 6.18. The molecule has 0 aliphatic carbocycles. The normalized spacial score (nSPS) is 18.2. The second-order valence-electron chi connectivity index (χ2n) is 3.34. The molecular weight excluding hydrogens is 239 g/mol. The first-order valence-corrected chi connectivity index (χ1v) is 4.49. The van der Waals surface area contributed by atoms with Crippen LogP contribution < -0.4 is 0 Å². The van der Waals surface area contributed by atoms with E-state index in [9.17, 15) is 4.79 Å². The standard InChI is InChI=1S/C9H16N2O2.2ClH/c1-10-5-7-11(8-6-10)4-2-3-9(12)13;;/h2-3H,4-8H2,1H3,(H,12,13);2*1H. The van der Waals surface area contributed by atoms with Crippen LogP contribution in [0.5, 0.6) is 0 Å². The summed E-state index contributed by atoms with van der Waals surface area (Å²) in [6, 6.07) is 0. The zero-order chi connectivity index (χ0) is 9.68. The number of carboxylic acid groups (broad SMARTS) is 1. The largest absolute Gasteiger partial charge is 0.478 e. The molecule has 0 saturated carbocycles. The zero-order valence-electron chi connectivity index (χ0n) is 8.76. The Balaban J connectivity index is 0. The van der Waals surface area contributed by atoms with Gasteiger partial charge in [0.05, 0.1) is 0 Å². The lowest BCUT2D eigenvalue weighted by Crippen LogP contribution is -2.44. The Bertz CT molecular complexity index is 204. The first-order valence-electron chi connectivity index (χ1n) is 4.49. The van der Waals surface area contributed by atoms with Gasteiger partial charge in [-0.2, -0.15) is 0 Å². The van der Waals surface area contributed by atoms with Crippen LogP contribution in [0.3, 0.4) is 0 Å². The molecule has 1 saturated heterocycles. The number of halogens is 2. The number of rotatable bonds is 3. The van der Waals surface area contributed by atoms with Crippen LogP contribution in [0.15, 0.2) is 12.2 Å². The minimum Gasteiger partial charge on any atom is -0.478 e. The average molecular weight is 257 g/mol. The number of nitrogens with zero attached hydrogens (tertiary/aromatic N) is 2. The van der Waals surface area contributed by atoms with E-state index in [4.69, 9.17) is 5.11 Å². The lowest BCUT2D eigenvalue weighted by atomic mass is 10.3. The van der Waals surface area contributed by atoms with Gasteiger partial charge in [-0.1, -0.05) is 6.08 Å². The molecule has 4 nitrogen and oxygen atoms in total. The molecule has 6 heteroatoms. The fraction of sp³-hybridized carbons (Fsp3) is 0.667. The summed E-state index contributed by atoms with van der Waals surface area (Å²) >= 11 is 0. The van der Waals surface area contributed by atoms with Gasteiger partial charge in [0, 0.05) is 38.8 Å². The molecule has 1 heterocycles. The quantitative estimate of drug-likeness (QED) is 0.756. The second-order valence-corrected chi connectivity index (χ2v) is 3.34. The maximum atomic E-state index is 10.2. The fourth-order valence-corrected chi connectivity index (χ4v) is 1.33. The van der Waals surface area contributed by atoms with Crippen molar-refractivity contribution >= 4 is 30.8 Å². The molecule has 0 unspecified atom stereocenters. The third-order valence-corrected chi connectivity index (χ3v) is 2.22. The molecule has 15 heavy (non-hydrogen) atoms. The first kappa shape index (κ1) is 17.1. The lowest BCUT2D eigenvalue weighted by molar-refractivity contribution is -0.131. The highest BCUT2D eigenvalue weighted by atomic mass is 35.5. The Morgan fingerprint density at radius 2 is 1.80 bits per heavy atom. The summed E-state index contributed by atoms with van der Waals surface area (Å²) in [7, 11) is 2.10. The van der Waals surface area contributed by atoms with Crippen molar-refractivity contribution < 1.29 is 9.90 Å². The summed E-state index contributed by atoms with van der Waals surface area (Å²) in [5, 5.41) is 8.37. The van der Waals surface area contributed by atoms with Crippen LogP contribution in [0.2, 0.25) is 0 Å². The van der Waals surface area contributed by atoms with Crippen LogP contribution in [0.4, 0.5) is 0 Å². The molecular formula is C9H18Cl2N2O2. The smallest absolute Gasteiger partial charge is 0.328 e. The summed E-state index contributed by atoms with van der Waals surface area (Å²) in [4.78, 5) is 14.7. The molecule has 1 aliphatic heterocycles. The summed E-state index contributed by atoms with van der Waals surface area (Å²) < 4.78 is 0. The third-order valence-electron chi connectivity index (χ3n) is 2.22. The average Bonchev–Trinajstić information content (AvgIpc) is 2.08. The highest BCUT2D eigenvalue weighted by molar-refractivity contribution is 5.85. The van der Waals surface area contributed by atoms with Gasteiger partial charge < -0.3 is 10.0 Å². The molecule has 0 spiro atoms. The highest BCUT2D eigenvalue weighted by Gasteiger charge is 2.11. The SMILES string of the molecule is CN1CCN(CC=CC(=O)O)CC1.Cl.Cl. The molecule has 0 radical (unpaired) electrons. The van der Waals surface area contributed by atoms with E-state index in [1.165, 1.54) is 6.08 Å². The second kappa shape index (κ2) is 8.97. The molecule has 0 amide bonds. The van der Waals surface area contributed by atoms with Gasteiger partial charge in [0.25, 0.3) is 0 Å². The molecule has 0 bridgehead atoms. The Labute approximate surface area is 103 Å². The van der Waals surface area contributed by atoms with Crippen LogP contribution in [-0.2, 0) is 4.79 Å². The minimum atomic E-state index is -0.867. The number of piperazine rings is 1. The summed E-state index contributed by atoms with van der Waals surface area (Å²) in [5.74, 6) is -0.867. The van der Waals surface area contributed by atoms with Gasteiger partial charge in [-0.05, 0) is 7.05 Å². The molecule has 0 aromatic rings. The van der Waals surface area contributed by atoms with Crippen molar-refractivity contribution in [2.24, 2.45) is 0 Å². The van der Waals surface area contributed by atoms with Crippen LogP contribution in [-0.4, -0.2) is 60.6 Å². The van der Waals surface area contributed by atoms with Gasteiger partial charge >= 0.3 is 5.97 Å². The molecule has 0 atom stereocenters.